The highest BCUT2D eigenvalue weighted by molar-refractivity contribution is 5.61. The van der Waals surface area contributed by atoms with E-state index >= 15 is 0 Å². The lowest BCUT2D eigenvalue weighted by Crippen LogP contribution is -2.10. The molecule has 1 heterocycles. The van der Waals surface area contributed by atoms with Gasteiger partial charge in [-0.05, 0) is 22.0 Å². The Balaban J connectivity index is 1.91. The van der Waals surface area contributed by atoms with E-state index < -0.39 is 0 Å². The van der Waals surface area contributed by atoms with Crippen molar-refractivity contribution >= 4 is 0 Å². The Bertz CT molecular complexity index is 808. The van der Waals surface area contributed by atoms with Gasteiger partial charge < -0.3 is 0 Å². The molecule has 0 spiro atoms. The van der Waals surface area contributed by atoms with E-state index in [0.29, 0.717) is 11.6 Å². The Labute approximate surface area is 156 Å². The number of hydrogen-bond donors (Lipinski definition) is 0. The maximum absolute atomic E-state index is 4.67. The molecule has 0 fully saturated rings. The minimum atomic E-state index is 0.136. The second kappa shape index (κ2) is 6.64. The molecule has 0 unspecified atom stereocenters. The first kappa shape index (κ1) is 18.2. The summed E-state index contributed by atoms with van der Waals surface area (Å²) in [6, 6.07) is 16.9. The highest BCUT2D eigenvalue weighted by atomic mass is 15.0. The van der Waals surface area contributed by atoms with Crippen LogP contribution >= 0.6 is 0 Å². The highest BCUT2D eigenvalue weighted by Gasteiger charge is 2.15. The summed E-state index contributed by atoms with van der Waals surface area (Å²) in [5, 5.41) is 0. The molecule has 0 atom stereocenters. The third kappa shape index (κ3) is 3.98. The Morgan fingerprint density at radius 3 is 1.19 bits per heavy atom. The van der Waals surface area contributed by atoms with E-state index in [1.165, 1.54) is 11.1 Å². The standard InChI is InChI=1S/C23H27N3/c1-22(2,3)18-11-7-16(8-12-18)20-24-15-25-21(26-20)17-9-13-19(14-10-17)23(4,5)6/h7-15H,1-6H3. The lowest BCUT2D eigenvalue weighted by Gasteiger charge is -2.19. The van der Waals surface area contributed by atoms with Crippen LogP contribution in [0.4, 0.5) is 0 Å². The number of benzene rings is 2. The van der Waals surface area contributed by atoms with Crippen molar-refractivity contribution in [2.45, 2.75) is 52.4 Å². The van der Waals surface area contributed by atoms with Crippen LogP contribution < -0.4 is 0 Å². The molecule has 3 aromatic rings. The smallest absolute Gasteiger partial charge is 0.163 e. The minimum absolute atomic E-state index is 0.136. The van der Waals surface area contributed by atoms with Crippen LogP contribution in [0.1, 0.15) is 52.7 Å². The third-order valence-corrected chi connectivity index (χ3v) is 4.59. The van der Waals surface area contributed by atoms with Crippen LogP contribution in [0.3, 0.4) is 0 Å². The maximum atomic E-state index is 4.67. The summed E-state index contributed by atoms with van der Waals surface area (Å²) in [4.78, 5) is 13.4. The average molecular weight is 345 g/mol. The normalized spacial score (nSPS) is 12.2. The Hall–Kier alpha value is -2.55. The lowest BCUT2D eigenvalue weighted by atomic mass is 9.86. The summed E-state index contributed by atoms with van der Waals surface area (Å²) in [6.45, 7) is 13.3. The quantitative estimate of drug-likeness (QED) is 0.589. The van der Waals surface area contributed by atoms with Crippen molar-refractivity contribution < 1.29 is 0 Å². The van der Waals surface area contributed by atoms with Gasteiger partial charge in [0.1, 0.15) is 6.33 Å². The summed E-state index contributed by atoms with van der Waals surface area (Å²) >= 11 is 0. The fraction of sp³-hybridized carbons (Fsp3) is 0.348. The van der Waals surface area contributed by atoms with Gasteiger partial charge >= 0.3 is 0 Å². The number of hydrogen-bond acceptors (Lipinski definition) is 3. The highest BCUT2D eigenvalue weighted by Crippen LogP contribution is 2.27. The van der Waals surface area contributed by atoms with E-state index in [1.807, 2.05) is 0 Å². The van der Waals surface area contributed by atoms with Gasteiger partial charge in [0.25, 0.3) is 0 Å². The summed E-state index contributed by atoms with van der Waals surface area (Å²) < 4.78 is 0. The Morgan fingerprint density at radius 2 is 0.885 bits per heavy atom. The van der Waals surface area contributed by atoms with Crippen molar-refractivity contribution in [2.75, 3.05) is 0 Å². The van der Waals surface area contributed by atoms with E-state index in [0.717, 1.165) is 11.1 Å². The van der Waals surface area contributed by atoms with Crippen molar-refractivity contribution in [3.05, 3.63) is 66.0 Å². The molecule has 3 rings (SSSR count). The van der Waals surface area contributed by atoms with E-state index in [1.54, 1.807) is 6.33 Å². The molecule has 0 aliphatic rings. The number of aromatic nitrogens is 3. The van der Waals surface area contributed by atoms with Gasteiger partial charge in [0, 0.05) is 11.1 Å². The molecule has 0 saturated carbocycles. The molecule has 26 heavy (non-hydrogen) atoms. The van der Waals surface area contributed by atoms with Gasteiger partial charge in [0.15, 0.2) is 11.6 Å². The van der Waals surface area contributed by atoms with Crippen LogP contribution in [0.5, 0.6) is 0 Å². The lowest BCUT2D eigenvalue weighted by molar-refractivity contribution is 0.590. The first-order valence-electron chi connectivity index (χ1n) is 9.05. The van der Waals surface area contributed by atoms with Crippen LogP contribution in [0, 0.1) is 0 Å². The van der Waals surface area contributed by atoms with Crippen LogP contribution in [-0.4, -0.2) is 15.0 Å². The van der Waals surface area contributed by atoms with E-state index in [-0.39, 0.29) is 10.8 Å². The number of nitrogens with zero attached hydrogens (tertiary/aromatic N) is 3. The molecule has 0 bridgehead atoms. The van der Waals surface area contributed by atoms with Gasteiger partial charge in [0.05, 0.1) is 0 Å². The summed E-state index contributed by atoms with van der Waals surface area (Å²) in [6.07, 6.45) is 1.59. The van der Waals surface area contributed by atoms with E-state index in [4.69, 9.17) is 0 Å². The first-order valence-corrected chi connectivity index (χ1v) is 9.05. The third-order valence-electron chi connectivity index (χ3n) is 4.59. The molecule has 0 amide bonds. The van der Waals surface area contributed by atoms with Gasteiger partial charge in [-0.15, -0.1) is 0 Å². The van der Waals surface area contributed by atoms with E-state index in [2.05, 4.69) is 105 Å². The summed E-state index contributed by atoms with van der Waals surface area (Å²) in [7, 11) is 0. The van der Waals surface area contributed by atoms with Gasteiger partial charge in [-0.3, -0.25) is 0 Å². The topological polar surface area (TPSA) is 38.7 Å². The van der Waals surface area contributed by atoms with Crippen LogP contribution in [0.15, 0.2) is 54.9 Å². The molecule has 1 aromatic heterocycles. The zero-order valence-corrected chi connectivity index (χ0v) is 16.5. The average Bonchev–Trinajstić information content (AvgIpc) is 2.61. The molecule has 3 nitrogen and oxygen atoms in total. The summed E-state index contributed by atoms with van der Waals surface area (Å²) in [5.74, 6) is 1.41. The van der Waals surface area contributed by atoms with Crippen molar-refractivity contribution in [1.29, 1.82) is 0 Å². The SMILES string of the molecule is CC(C)(C)c1ccc(-c2ncnc(-c3ccc(C(C)(C)C)cc3)n2)cc1. The Morgan fingerprint density at radius 1 is 0.538 bits per heavy atom. The monoisotopic (exact) mass is 345 g/mol. The van der Waals surface area contributed by atoms with Gasteiger partial charge in [-0.25, -0.2) is 15.0 Å². The maximum Gasteiger partial charge on any atom is 0.163 e. The second-order valence-corrected chi connectivity index (χ2v) is 8.79. The number of rotatable bonds is 2. The van der Waals surface area contributed by atoms with Gasteiger partial charge in [0.2, 0.25) is 0 Å². The molecule has 0 N–H and O–H groups in total. The van der Waals surface area contributed by atoms with E-state index in [9.17, 15) is 0 Å². The molecular formula is C23H27N3. The molecule has 0 aliphatic carbocycles. The van der Waals surface area contributed by atoms with Crippen molar-refractivity contribution in [1.82, 2.24) is 15.0 Å². The van der Waals surface area contributed by atoms with Crippen LogP contribution in [0.2, 0.25) is 0 Å². The Kier molecular flexibility index (Phi) is 4.66. The fourth-order valence-electron chi connectivity index (χ4n) is 2.81. The molecule has 3 heteroatoms. The van der Waals surface area contributed by atoms with Gasteiger partial charge in [-0.1, -0.05) is 90.1 Å². The predicted molar refractivity (Wildman–Crippen MR) is 108 cm³/mol. The molecule has 0 aliphatic heterocycles. The largest absolute Gasteiger partial charge is 0.217 e. The molecular weight excluding hydrogens is 318 g/mol. The zero-order valence-electron chi connectivity index (χ0n) is 16.5. The fourth-order valence-corrected chi connectivity index (χ4v) is 2.81. The molecule has 0 saturated heterocycles. The predicted octanol–water partition coefficient (Wildman–Crippen LogP) is 5.80. The van der Waals surface area contributed by atoms with Crippen LogP contribution in [-0.2, 0) is 10.8 Å². The van der Waals surface area contributed by atoms with Crippen molar-refractivity contribution in [3.63, 3.8) is 0 Å². The molecule has 2 aromatic carbocycles. The zero-order chi connectivity index (χ0) is 18.9. The second-order valence-electron chi connectivity index (χ2n) is 8.79. The van der Waals surface area contributed by atoms with Crippen molar-refractivity contribution in [3.8, 4) is 22.8 Å². The van der Waals surface area contributed by atoms with Crippen LogP contribution in [0.25, 0.3) is 22.8 Å². The molecule has 0 radical (unpaired) electrons. The van der Waals surface area contributed by atoms with Crippen molar-refractivity contribution in [2.24, 2.45) is 0 Å². The minimum Gasteiger partial charge on any atom is -0.217 e. The molecule has 134 valence electrons. The first-order chi connectivity index (χ1) is 12.1. The van der Waals surface area contributed by atoms with Gasteiger partial charge in [-0.2, -0.15) is 0 Å². The summed E-state index contributed by atoms with van der Waals surface area (Å²) in [5.41, 5.74) is 4.89.